The number of ether oxygens (including phenoxy) is 1. The van der Waals surface area contributed by atoms with E-state index in [1.165, 1.54) is 23.5 Å². The molecule has 0 spiro atoms. The molecule has 2 N–H and O–H groups in total. The van der Waals surface area contributed by atoms with E-state index < -0.39 is 11.9 Å². The van der Waals surface area contributed by atoms with Crippen LogP contribution in [0, 0.1) is 12.7 Å². The number of aryl methyl sites for hydroxylation is 1. The summed E-state index contributed by atoms with van der Waals surface area (Å²) in [5.41, 5.74) is 2.02. The quantitative estimate of drug-likeness (QED) is 0.585. The minimum atomic E-state index is -0.899. The van der Waals surface area contributed by atoms with Gasteiger partial charge in [-0.3, -0.25) is 14.5 Å². The second-order valence-corrected chi connectivity index (χ2v) is 9.61. The Labute approximate surface area is 207 Å². The van der Waals surface area contributed by atoms with Crippen LogP contribution in [0.5, 0.6) is 0 Å². The zero-order valence-electron chi connectivity index (χ0n) is 20.5. The summed E-state index contributed by atoms with van der Waals surface area (Å²) in [7, 11) is 0. The molecule has 2 fully saturated rings. The number of hydrogen-bond donors (Lipinski definition) is 2. The molecule has 2 amide bonds. The van der Waals surface area contributed by atoms with E-state index >= 15 is 0 Å². The van der Waals surface area contributed by atoms with E-state index in [1.807, 2.05) is 31.2 Å². The number of benzene rings is 2. The van der Waals surface area contributed by atoms with Gasteiger partial charge in [0, 0.05) is 31.0 Å². The van der Waals surface area contributed by atoms with Gasteiger partial charge in [-0.15, -0.1) is 0 Å². The van der Waals surface area contributed by atoms with Crippen LogP contribution in [-0.4, -0.2) is 43.7 Å². The van der Waals surface area contributed by atoms with Crippen molar-refractivity contribution in [3.05, 3.63) is 65.5 Å². The summed E-state index contributed by atoms with van der Waals surface area (Å²) >= 11 is 0. The highest BCUT2D eigenvalue weighted by Gasteiger charge is 2.35. The van der Waals surface area contributed by atoms with Crippen LogP contribution in [0.4, 0.5) is 10.1 Å². The van der Waals surface area contributed by atoms with E-state index in [9.17, 15) is 14.0 Å². The molecule has 1 atom stereocenters. The van der Waals surface area contributed by atoms with Crippen LogP contribution >= 0.6 is 0 Å². The Morgan fingerprint density at radius 1 is 1.00 bits per heavy atom. The summed E-state index contributed by atoms with van der Waals surface area (Å²) < 4.78 is 19.7. The SMILES string of the molecule is Cc1ccccc1C(C(=O)NC1CCCCC1)N(C(=O)CNC1CCOCC1)c1cccc(F)c1. The molecule has 1 heterocycles. The molecule has 7 heteroatoms. The third kappa shape index (κ3) is 6.67. The number of halogens is 1. The first-order valence-corrected chi connectivity index (χ1v) is 12.8. The van der Waals surface area contributed by atoms with Crippen molar-refractivity contribution in [3.8, 4) is 0 Å². The van der Waals surface area contributed by atoms with E-state index in [0.717, 1.165) is 49.7 Å². The Hall–Kier alpha value is -2.77. The lowest BCUT2D eigenvalue weighted by Crippen LogP contribution is -2.50. The van der Waals surface area contributed by atoms with Crippen molar-refractivity contribution in [2.45, 2.75) is 70.0 Å². The zero-order chi connectivity index (χ0) is 24.6. The molecule has 0 radical (unpaired) electrons. The Balaban J connectivity index is 1.67. The summed E-state index contributed by atoms with van der Waals surface area (Å²) in [4.78, 5) is 29.1. The average Bonchev–Trinajstić information content (AvgIpc) is 2.87. The summed E-state index contributed by atoms with van der Waals surface area (Å²) in [5.74, 6) is -0.946. The Bertz CT molecular complexity index is 1000. The standard InChI is InChI=1S/C28H36FN3O3/c1-20-8-5-6-13-25(20)27(28(34)31-23-10-3-2-4-11-23)32(24-12-7-9-21(29)18-24)26(33)19-30-22-14-16-35-17-15-22/h5-9,12-13,18,22-23,27,30H,2-4,10-11,14-17,19H2,1H3,(H,31,34). The van der Waals surface area contributed by atoms with Gasteiger partial charge in [0.15, 0.2) is 0 Å². The molecule has 2 aliphatic rings. The van der Waals surface area contributed by atoms with Crippen molar-refractivity contribution in [1.29, 1.82) is 0 Å². The van der Waals surface area contributed by atoms with Gasteiger partial charge >= 0.3 is 0 Å². The first-order valence-electron chi connectivity index (χ1n) is 12.8. The van der Waals surface area contributed by atoms with Gasteiger partial charge in [0.25, 0.3) is 0 Å². The van der Waals surface area contributed by atoms with E-state index in [-0.39, 0.29) is 30.4 Å². The second kappa shape index (κ2) is 12.3. The third-order valence-corrected chi connectivity index (χ3v) is 7.06. The number of hydrogen-bond acceptors (Lipinski definition) is 4. The van der Waals surface area contributed by atoms with Gasteiger partial charge in [-0.2, -0.15) is 0 Å². The molecule has 2 aromatic rings. The van der Waals surface area contributed by atoms with Gasteiger partial charge in [-0.05, 0) is 61.9 Å². The monoisotopic (exact) mass is 481 g/mol. The maximum absolute atomic E-state index is 14.3. The number of amides is 2. The fourth-order valence-electron chi connectivity index (χ4n) is 5.10. The van der Waals surface area contributed by atoms with Crippen molar-refractivity contribution >= 4 is 17.5 Å². The van der Waals surface area contributed by atoms with E-state index in [4.69, 9.17) is 4.74 Å². The van der Waals surface area contributed by atoms with Crippen molar-refractivity contribution in [3.63, 3.8) is 0 Å². The predicted octanol–water partition coefficient (Wildman–Crippen LogP) is 4.43. The number of carbonyl (C=O) groups is 2. The number of carbonyl (C=O) groups excluding carboxylic acids is 2. The summed E-state index contributed by atoms with van der Waals surface area (Å²) in [6.45, 7) is 3.31. The van der Waals surface area contributed by atoms with E-state index in [1.54, 1.807) is 12.1 Å². The summed E-state index contributed by atoms with van der Waals surface area (Å²) in [5, 5.41) is 6.54. The lowest BCUT2D eigenvalue weighted by atomic mass is 9.93. The maximum Gasteiger partial charge on any atom is 0.248 e. The number of anilines is 1. The van der Waals surface area contributed by atoms with Crippen LogP contribution in [0.25, 0.3) is 0 Å². The van der Waals surface area contributed by atoms with Gasteiger partial charge in [-0.25, -0.2) is 4.39 Å². The topological polar surface area (TPSA) is 70.7 Å². The van der Waals surface area contributed by atoms with Crippen molar-refractivity contribution in [2.24, 2.45) is 0 Å². The highest BCUT2D eigenvalue weighted by molar-refractivity contribution is 6.02. The zero-order valence-corrected chi connectivity index (χ0v) is 20.5. The molecule has 1 aliphatic carbocycles. The van der Waals surface area contributed by atoms with Crippen molar-refractivity contribution < 1.29 is 18.7 Å². The Kier molecular flexibility index (Phi) is 8.88. The van der Waals surface area contributed by atoms with Crippen molar-refractivity contribution in [2.75, 3.05) is 24.7 Å². The molecular formula is C28H36FN3O3. The molecule has 188 valence electrons. The second-order valence-electron chi connectivity index (χ2n) is 9.61. The molecule has 1 unspecified atom stereocenters. The smallest absolute Gasteiger partial charge is 0.248 e. The molecule has 1 saturated heterocycles. The number of rotatable bonds is 8. The van der Waals surface area contributed by atoms with Gasteiger partial charge < -0.3 is 15.4 Å². The van der Waals surface area contributed by atoms with Crippen LogP contribution in [0.1, 0.15) is 62.1 Å². The van der Waals surface area contributed by atoms with Gasteiger partial charge in [-0.1, -0.05) is 49.6 Å². The molecule has 0 aromatic heterocycles. The fourth-order valence-corrected chi connectivity index (χ4v) is 5.10. The molecular weight excluding hydrogens is 445 g/mol. The first-order chi connectivity index (χ1) is 17.0. The molecule has 0 bridgehead atoms. The largest absolute Gasteiger partial charge is 0.381 e. The van der Waals surface area contributed by atoms with E-state index in [2.05, 4.69) is 10.6 Å². The van der Waals surface area contributed by atoms with Crippen LogP contribution < -0.4 is 15.5 Å². The predicted molar refractivity (Wildman–Crippen MR) is 135 cm³/mol. The third-order valence-electron chi connectivity index (χ3n) is 7.06. The van der Waals surface area contributed by atoms with Crippen LogP contribution in [0.3, 0.4) is 0 Å². The minimum Gasteiger partial charge on any atom is -0.381 e. The molecule has 4 rings (SSSR count). The fraction of sp³-hybridized carbons (Fsp3) is 0.500. The van der Waals surface area contributed by atoms with Crippen molar-refractivity contribution in [1.82, 2.24) is 10.6 Å². The Morgan fingerprint density at radius 2 is 1.74 bits per heavy atom. The number of nitrogens with zero attached hydrogens (tertiary/aromatic N) is 1. The van der Waals surface area contributed by atoms with Crippen LogP contribution in [0.2, 0.25) is 0 Å². The highest BCUT2D eigenvalue weighted by atomic mass is 19.1. The van der Waals surface area contributed by atoms with Crippen LogP contribution in [0.15, 0.2) is 48.5 Å². The minimum absolute atomic E-state index is 0.0558. The first kappa shape index (κ1) is 25.3. The van der Waals surface area contributed by atoms with Gasteiger partial charge in [0.05, 0.1) is 6.54 Å². The average molecular weight is 482 g/mol. The van der Waals surface area contributed by atoms with Gasteiger partial charge in [0.2, 0.25) is 11.8 Å². The maximum atomic E-state index is 14.3. The Morgan fingerprint density at radius 3 is 2.46 bits per heavy atom. The lowest BCUT2D eigenvalue weighted by molar-refractivity contribution is -0.127. The molecule has 35 heavy (non-hydrogen) atoms. The highest BCUT2D eigenvalue weighted by Crippen LogP contribution is 2.31. The molecule has 6 nitrogen and oxygen atoms in total. The molecule has 1 aliphatic heterocycles. The number of nitrogens with one attached hydrogen (secondary N) is 2. The normalized spacial score (nSPS) is 18.1. The summed E-state index contributed by atoms with van der Waals surface area (Å²) in [6.07, 6.45) is 6.88. The van der Waals surface area contributed by atoms with Crippen LogP contribution in [-0.2, 0) is 14.3 Å². The molecule has 2 aromatic carbocycles. The molecule has 1 saturated carbocycles. The van der Waals surface area contributed by atoms with E-state index in [0.29, 0.717) is 18.9 Å². The van der Waals surface area contributed by atoms with Gasteiger partial charge in [0.1, 0.15) is 11.9 Å². The lowest BCUT2D eigenvalue weighted by Gasteiger charge is -2.34. The summed E-state index contributed by atoms with van der Waals surface area (Å²) in [6, 6.07) is 12.9.